The molecule has 6 heteroatoms. The Morgan fingerprint density at radius 1 is 1.30 bits per heavy atom. The maximum absolute atomic E-state index is 12.0. The van der Waals surface area contributed by atoms with Crippen LogP contribution in [-0.2, 0) is 11.2 Å². The molecule has 3 rings (SSSR count). The maximum atomic E-state index is 12.0. The summed E-state index contributed by atoms with van der Waals surface area (Å²) in [5, 5.41) is 3.77. The molecule has 0 aliphatic heterocycles. The van der Waals surface area contributed by atoms with Crippen molar-refractivity contribution in [1.82, 2.24) is 15.0 Å². The van der Waals surface area contributed by atoms with Crippen LogP contribution in [0.1, 0.15) is 15.6 Å². The number of H-pyrrole nitrogens is 1. The normalized spacial score (nSPS) is 10.9. The number of fused-ring (bicyclic) bond motifs is 1. The second-order valence-electron chi connectivity index (χ2n) is 4.57. The highest BCUT2D eigenvalue weighted by Crippen LogP contribution is 2.18. The SMILES string of the molecule is Cc1nc(C)c(CC(=O)Nc2nc3ccccc3[nH]2)s1. The van der Waals surface area contributed by atoms with Crippen LogP contribution in [0.15, 0.2) is 24.3 Å². The number of carbonyl (C=O) groups excluding carboxylic acids is 1. The van der Waals surface area contributed by atoms with E-state index in [9.17, 15) is 4.79 Å². The molecule has 2 aromatic heterocycles. The Balaban J connectivity index is 1.74. The topological polar surface area (TPSA) is 70.7 Å². The molecule has 0 radical (unpaired) electrons. The summed E-state index contributed by atoms with van der Waals surface area (Å²) in [4.78, 5) is 24.7. The highest BCUT2D eigenvalue weighted by Gasteiger charge is 2.12. The van der Waals surface area contributed by atoms with Crippen molar-refractivity contribution in [2.45, 2.75) is 20.3 Å². The first-order chi connectivity index (χ1) is 9.61. The average molecular weight is 286 g/mol. The van der Waals surface area contributed by atoms with Crippen LogP contribution < -0.4 is 5.32 Å². The van der Waals surface area contributed by atoms with Gasteiger partial charge in [0.2, 0.25) is 11.9 Å². The third-order valence-electron chi connectivity index (χ3n) is 2.97. The number of amides is 1. The number of benzene rings is 1. The Bertz CT molecular complexity index is 741. The zero-order chi connectivity index (χ0) is 14.1. The van der Waals surface area contributed by atoms with E-state index in [1.54, 1.807) is 11.3 Å². The third kappa shape index (κ3) is 2.55. The number of nitrogens with one attached hydrogen (secondary N) is 2. The highest BCUT2D eigenvalue weighted by molar-refractivity contribution is 7.11. The van der Waals surface area contributed by atoms with Gasteiger partial charge in [-0.2, -0.15) is 0 Å². The molecule has 0 atom stereocenters. The molecule has 20 heavy (non-hydrogen) atoms. The number of rotatable bonds is 3. The Labute approximate surface area is 120 Å². The molecule has 3 aromatic rings. The van der Waals surface area contributed by atoms with E-state index >= 15 is 0 Å². The zero-order valence-corrected chi connectivity index (χ0v) is 12.0. The lowest BCUT2D eigenvalue weighted by molar-refractivity contribution is -0.115. The van der Waals surface area contributed by atoms with Crippen LogP contribution in [0.4, 0.5) is 5.95 Å². The van der Waals surface area contributed by atoms with Crippen LogP contribution in [-0.4, -0.2) is 20.9 Å². The minimum atomic E-state index is -0.0872. The molecule has 0 saturated heterocycles. The summed E-state index contributed by atoms with van der Waals surface area (Å²) in [6, 6.07) is 7.67. The van der Waals surface area contributed by atoms with Gasteiger partial charge in [-0.05, 0) is 26.0 Å². The lowest BCUT2D eigenvalue weighted by Gasteiger charge is -2.00. The van der Waals surface area contributed by atoms with Gasteiger partial charge < -0.3 is 4.98 Å². The Morgan fingerprint density at radius 3 is 2.80 bits per heavy atom. The lowest BCUT2D eigenvalue weighted by Crippen LogP contribution is -2.15. The molecule has 0 bridgehead atoms. The fraction of sp³-hybridized carbons (Fsp3) is 0.214. The lowest BCUT2D eigenvalue weighted by atomic mass is 10.3. The molecule has 0 spiro atoms. The molecule has 0 unspecified atom stereocenters. The smallest absolute Gasteiger partial charge is 0.232 e. The van der Waals surface area contributed by atoms with Crippen molar-refractivity contribution in [3.8, 4) is 0 Å². The van der Waals surface area contributed by atoms with Gasteiger partial charge in [-0.3, -0.25) is 10.1 Å². The van der Waals surface area contributed by atoms with Gasteiger partial charge in [0, 0.05) is 4.88 Å². The predicted molar refractivity (Wildman–Crippen MR) is 80.0 cm³/mol. The summed E-state index contributed by atoms with van der Waals surface area (Å²) in [6.45, 7) is 3.87. The molecule has 102 valence electrons. The van der Waals surface area contributed by atoms with Crippen molar-refractivity contribution in [3.05, 3.63) is 39.8 Å². The van der Waals surface area contributed by atoms with Gasteiger partial charge in [0.1, 0.15) is 0 Å². The standard InChI is InChI=1S/C14H14N4OS/c1-8-12(20-9(2)15-8)7-13(19)18-14-16-10-5-3-4-6-11(10)17-14/h3-6H,7H2,1-2H3,(H2,16,17,18,19). The maximum Gasteiger partial charge on any atom is 0.232 e. The van der Waals surface area contributed by atoms with Crippen LogP contribution in [0.5, 0.6) is 0 Å². The van der Waals surface area contributed by atoms with Crippen molar-refractivity contribution in [2.75, 3.05) is 5.32 Å². The number of hydrogen-bond donors (Lipinski definition) is 2. The molecule has 0 fully saturated rings. The van der Waals surface area contributed by atoms with Crippen LogP contribution in [0, 0.1) is 13.8 Å². The van der Waals surface area contributed by atoms with Crippen LogP contribution in [0.25, 0.3) is 11.0 Å². The molecule has 2 N–H and O–H groups in total. The molecule has 2 heterocycles. The molecule has 1 aromatic carbocycles. The van der Waals surface area contributed by atoms with E-state index in [1.165, 1.54) is 0 Å². The summed E-state index contributed by atoms with van der Waals surface area (Å²) >= 11 is 1.56. The number of imidazole rings is 1. The van der Waals surface area contributed by atoms with Crippen LogP contribution in [0.2, 0.25) is 0 Å². The summed E-state index contributed by atoms with van der Waals surface area (Å²) in [7, 11) is 0. The number of para-hydroxylation sites is 2. The Hall–Kier alpha value is -2.21. The first-order valence-electron chi connectivity index (χ1n) is 6.29. The quantitative estimate of drug-likeness (QED) is 0.777. The number of aromatic amines is 1. The highest BCUT2D eigenvalue weighted by atomic mass is 32.1. The second kappa shape index (κ2) is 5.05. The number of hydrogen-bond acceptors (Lipinski definition) is 4. The van der Waals surface area contributed by atoms with Crippen molar-refractivity contribution in [3.63, 3.8) is 0 Å². The number of thiazole rings is 1. The van der Waals surface area contributed by atoms with Gasteiger partial charge in [0.15, 0.2) is 0 Å². The van der Waals surface area contributed by atoms with Gasteiger partial charge in [-0.25, -0.2) is 9.97 Å². The van der Waals surface area contributed by atoms with Crippen LogP contribution in [0.3, 0.4) is 0 Å². The monoisotopic (exact) mass is 286 g/mol. The number of aromatic nitrogens is 3. The third-order valence-corrected chi connectivity index (χ3v) is 4.04. The fourth-order valence-corrected chi connectivity index (χ4v) is 3.01. The predicted octanol–water partition coefficient (Wildman–Crippen LogP) is 2.82. The number of anilines is 1. The number of carbonyl (C=O) groups is 1. The second-order valence-corrected chi connectivity index (χ2v) is 5.86. The molecular weight excluding hydrogens is 272 g/mol. The summed E-state index contributed by atoms with van der Waals surface area (Å²) in [5.74, 6) is 0.394. The van der Waals surface area contributed by atoms with E-state index in [4.69, 9.17) is 0 Å². The van der Waals surface area contributed by atoms with E-state index in [0.29, 0.717) is 12.4 Å². The molecule has 0 aliphatic carbocycles. The fourth-order valence-electron chi connectivity index (χ4n) is 2.07. The molecule has 1 amide bonds. The van der Waals surface area contributed by atoms with E-state index in [-0.39, 0.29) is 5.91 Å². The van der Waals surface area contributed by atoms with Gasteiger partial charge >= 0.3 is 0 Å². The van der Waals surface area contributed by atoms with Gasteiger partial charge in [-0.1, -0.05) is 12.1 Å². The van der Waals surface area contributed by atoms with Crippen molar-refractivity contribution < 1.29 is 4.79 Å². The summed E-state index contributed by atoms with van der Waals surface area (Å²) in [5.41, 5.74) is 2.67. The zero-order valence-electron chi connectivity index (χ0n) is 11.2. The minimum absolute atomic E-state index is 0.0872. The van der Waals surface area contributed by atoms with E-state index in [1.807, 2.05) is 38.1 Å². The number of nitrogens with zero attached hydrogens (tertiary/aromatic N) is 2. The first kappa shape index (κ1) is 12.8. The van der Waals surface area contributed by atoms with E-state index in [0.717, 1.165) is 26.6 Å². The summed E-state index contributed by atoms with van der Waals surface area (Å²) in [6.07, 6.45) is 0.328. The van der Waals surface area contributed by atoms with Crippen molar-refractivity contribution >= 4 is 34.2 Å². The largest absolute Gasteiger partial charge is 0.324 e. The molecule has 0 saturated carbocycles. The van der Waals surface area contributed by atoms with Gasteiger partial charge in [0.05, 0.1) is 28.2 Å². The van der Waals surface area contributed by atoms with Gasteiger partial charge in [-0.15, -0.1) is 11.3 Å². The molecule has 5 nitrogen and oxygen atoms in total. The van der Waals surface area contributed by atoms with E-state index in [2.05, 4.69) is 20.3 Å². The van der Waals surface area contributed by atoms with Crippen molar-refractivity contribution in [2.24, 2.45) is 0 Å². The molecule has 0 aliphatic rings. The Kier molecular flexibility index (Phi) is 3.23. The number of aryl methyl sites for hydroxylation is 2. The van der Waals surface area contributed by atoms with Crippen LogP contribution >= 0.6 is 11.3 Å². The van der Waals surface area contributed by atoms with Gasteiger partial charge in [0.25, 0.3) is 0 Å². The molecular formula is C14H14N4OS. The Morgan fingerprint density at radius 2 is 2.10 bits per heavy atom. The average Bonchev–Trinajstić information content (AvgIpc) is 2.92. The first-order valence-corrected chi connectivity index (χ1v) is 7.11. The summed E-state index contributed by atoms with van der Waals surface area (Å²) < 4.78 is 0. The van der Waals surface area contributed by atoms with Crippen molar-refractivity contribution in [1.29, 1.82) is 0 Å². The van der Waals surface area contributed by atoms with E-state index < -0.39 is 0 Å². The minimum Gasteiger partial charge on any atom is -0.324 e.